The Bertz CT molecular complexity index is 292. The summed E-state index contributed by atoms with van der Waals surface area (Å²) in [4.78, 5) is 6.71. The van der Waals surface area contributed by atoms with Crippen molar-refractivity contribution in [3.05, 3.63) is 18.2 Å². The van der Waals surface area contributed by atoms with Crippen LogP contribution in [0.2, 0.25) is 0 Å². The van der Waals surface area contributed by atoms with Crippen LogP contribution in [-0.4, -0.2) is 34.1 Å². The second-order valence-corrected chi connectivity index (χ2v) is 4.32. The van der Waals surface area contributed by atoms with Crippen LogP contribution in [0.3, 0.4) is 0 Å². The quantitative estimate of drug-likeness (QED) is 0.728. The highest BCUT2D eigenvalue weighted by atomic mass is 15.1. The third kappa shape index (κ3) is 2.15. The fraction of sp³-hybridized carbons (Fsp3) is 0.727. The van der Waals surface area contributed by atoms with E-state index in [0.29, 0.717) is 0 Å². The molecule has 78 valence electrons. The van der Waals surface area contributed by atoms with Crippen molar-refractivity contribution < 1.29 is 0 Å². The summed E-state index contributed by atoms with van der Waals surface area (Å²) in [6.07, 6.45) is 8.04. The first kappa shape index (κ1) is 9.71. The van der Waals surface area contributed by atoms with Gasteiger partial charge in [0.15, 0.2) is 0 Å². The maximum atomic E-state index is 4.23. The van der Waals surface area contributed by atoms with Crippen LogP contribution in [-0.2, 0) is 6.54 Å². The topological polar surface area (TPSA) is 21.1 Å². The van der Waals surface area contributed by atoms with Gasteiger partial charge in [-0.3, -0.25) is 0 Å². The van der Waals surface area contributed by atoms with Crippen LogP contribution >= 0.6 is 0 Å². The lowest BCUT2D eigenvalue weighted by Gasteiger charge is -2.19. The molecule has 1 aliphatic rings. The summed E-state index contributed by atoms with van der Waals surface area (Å²) in [5, 5.41) is 0. The van der Waals surface area contributed by atoms with E-state index in [1.54, 1.807) is 0 Å². The normalized spacial score (nSPS) is 23.1. The molecule has 2 heterocycles. The van der Waals surface area contributed by atoms with Crippen LogP contribution in [0.1, 0.15) is 25.0 Å². The largest absolute Gasteiger partial charge is 0.337 e. The molecule has 1 aromatic rings. The van der Waals surface area contributed by atoms with Gasteiger partial charge in [-0.15, -0.1) is 0 Å². The lowest BCUT2D eigenvalue weighted by molar-refractivity contribution is 0.286. The minimum Gasteiger partial charge on any atom is -0.337 e. The minimum atomic E-state index is 0.790. The minimum absolute atomic E-state index is 0.790. The first-order valence-electron chi connectivity index (χ1n) is 5.44. The van der Waals surface area contributed by atoms with Crippen molar-refractivity contribution in [3.63, 3.8) is 0 Å². The van der Waals surface area contributed by atoms with Crippen molar-refractivity contribution in [2.45, 2.75) is 38.8 Å². The maximum absolute atomic E-state index is 4.23. The van der Waals surface area contributed by atoms with E-state index in [2.05, 4.69) is 27.7 Å². The van der Waals surface area contributed by atoms with E-state index in [-0.39, 0.29) is 0 Å². The monoisotopic (exact) mass is 193 g/mol. The van der Waals surface area contributed by atoms with Gasteiger partial charge in [0.1, 0.15) is 0 Å². The molecule has 0 amide bonds. The van der Waals surface area contributed by atoms with Crippen molar-refractivity contribution in [1.82, 2.24) is 14.5 Å². The molecule has 1 fully saturated rings. The standard InChI is InChI=1S/C11H19N3/c1-10-8-14(9-12-10)7-5-11-4-3-6-13(11)2/h8-9,11H,3-7H2,1-2H3. The Labute approximate surface area is 85.7 Å². The van der Waals surface area contributed by atoms with Crippen molar-refractivity contribution >= 4 is 0 Å². The van der Waals surface area contributed by atoms with Crippen molar-refractivity contribution in [2.24, 2.45) is 0 Å². The molecular weight excluding hydrogens is 174 g/mol. The van der Waals surface area contributed by atoms with Gasteiger partial charge in [-0.05, 0) is 39.8 Å². The van der Waals surface area contributed by atoms with Gasteiger partial charge in [-0.1, -0.05) is 0 Å². The summed E-state index contributed by atoms with van der Waals surface area (Å²) in [5.41, 5.74) is 1.12. The van der Waals surface area contributed by atoms with E-state index in [4.69, 9.17) is 0 Å². The molecule has 0 aromatic carbocycles. The molecule has 2 rings (SSSR count). The van der Waals surface area contributed by atoms with E-state index in [9.17, 15) is 0 Å². The van der Waals surface area contributed by atoms with Crippen LogP contribution < -0.4 is 0 Å². The number of imidazole rings is 1. The van der Waals surface area contributed by atoms with Crippen LogP contribution in [0.25, 0.3) is 0 Å². The zero-order chi connectivity index (χ0) is 9.97. The molecule has 0 radical (unpaired) electrons. The zero-order valence-corrected chi connectivity index (χ0v) is 9.11. The molecule has 0 bridgehead atoms. The third-order valence-corrected chi connectivity index (χ3v) is 3.15. The van der Waals surface area contributed by atoms with Crippen LogP contribution in [0, 0.1) is 6.92 Å². The lowest BCUT2D eigenvalue weighted by Crippen LogP contribution is -2.25. The number of aromatic nitrogens is 2. The summed E-state index contributed by atoms with van der Waals surface area (Å²) >= 11 is 0. The van der Waals surface area contributed by atoms with Gasteiger partial charge in [-0.2, -0.15) is 0 Å². The predicted octanol–water partition coefficient (Wildman–Crippen LogP) is 1.68. The Hall–Kier alpha value is -0.830. The fourth-order valence-electron chi connectivity index (χ4n) is 2.24. The van der Waals surface area contributed by atoms with Crippen molar-refractivity contribution in [1.29, 1.82) is 0 Å². The molecule has 0 N–H and O–H groups in total. The molecule has 1 saturated heterocycles. The van der Waals surface area contributed by atoms with Gasteiger partial charge < -0.3 is 9.47 Å². The lowest BCUT2D eigenvalue weighted by atomic mass is 10.1. The molecular formula is C11H19N3. The molecule has 14 heavy (non-hydrogen) atoms. The fourth-order valence-corrected chi connectivity index (χ4v) is 2.24. The Balaban J connectivity index is 1.82. The highest BCUT2D eigenvalue weighted by molar-refractivity contribution is 4.92. The Morgan fingerprint density at radius 3 is 3.00 bits per heavy atom. The average molecular weight is 193 g/mol. The Kier molecular flexibility index (Phi) is 2.87. The van der Waals surface area contributed by atoms with Crippen molar-refractivity contribution in [3.8, 4) is 0 Å². The van der Waals surface area contributed by atoms with Crippen LogP contribution in [0.4, 0.5) is 0 Å². The molecule has 1 aromatic heterocycles. The van der Waals surface area contributed by atoms with Gasteiger partial charge in [0.25, 0.3) is 0 Å². The Morgan fingerprint density at radius 2 is 2.43 bits per heavy atom. The molecule has 0 saturated carbocycles. The number of likely N-dealkylation sites (tertiary alicyclic amines) is 1. The van der Waals surface area contributed by atoms with E-state index >= 15 is 0 Å². The second kappa shape index (κ2) is 4.13. The molecule has 3 nitrogen and oxygen atoms in total. The third-order valence-electron chi connectivity index (χ3n) is 3.15. The molecule has 1 unspecified atom stereocenters. The molecule has 3 heteroatoms. The molecule has 0 spiro atoms. The van der Waals surface area contributed by atoms with E-state index in [1.165, 1.54) is 25.8 Å². The van der Waals surface area contributed by atoms with Gasteiger partial charge in [0.2, 0.25) is 0 Å². The van der Waals surface area contributed by atoms with E-state index < -0.39 is 0 Å². The summed E-state index contributed by atoms with van der Waals surface area (Å²) in [6.45, 7) is 4.42. The van der Waals surface area contributed by atoms with Gasteiger partial charge in [-0.25, -0.2) is 4.98 Å². The SMILES string of the molecule is Cc1cn(CCC2CCCN2C)cn1. The number of rotatable bonds is 3. The average Bonchev–Trinajstić information content (AvgIpc) is 2.72. The summed E-state index contributed by atoms with van der Waals surface area (Å²) in [6, 6.07) is 0.790. The van der Waals surface area contributed by atoms with Gasteiger partial charge >= 0.3 is 0 Å². The first-order chi connectivity index (χ1) is 6.75. The van der Waals surface area contributed by atoms with Crippen LogP contribution in [0.5, 0.6) is 0 Å². The number of aryl methyl sites for hydroxylation is 2. The molecule has 0 aliphatic carbocycles. The highest BCUT2D eigenvalue weighted by Gasteiger charge is 2.19. The van der Waals surface area contributed by atoms with E-state index in [1.807, 2.05) is 13.3 Å². The summed E-state index contributed by atoms with van der Waals surface area (Å²) in [5.74, 6) is 0. The van der Waals surface area contributed by atoms with Crippen LogP contribution in [0.15, 0.2) is 12.5 Å². The summed E-state index contributed by atoms with van der Waals surface area (Å²) < 4.78 is 2.20. The second-order valence-electron chi connectivity index (χ2n) is 4.32. The highest BCUT2D eigenvalue weighted by Crippen LogP contribution is 2.18. The number of nitrogens with zero attached hydrogens (tertiary/aromatic N) is 3. The van der Waals surface area contributed by atoms with Gasteiger partial charge in [0.05, 0.1) is 12.0 Å². The number of hydrogen-bond donors (Lipinski definition) is 0. The molecule has 1 atom stereocenters. The maximum Gasteiger partial charge on any atom is 0.0949 e. The van der Waals surface area contributed by atoms with E-state index in [0.717, 1.165) is 18.3 Å². The smallest absolute Gasteiger partial charge is 0.0949 e. The van der Waals surface area contributed by atoms with Gasteiger partial charge in [0, 0.05) is 18.8 Å². The van der Waals surface area contributed by atoms with Crippen molar-refractivity contribution in [2.75, 3.05) is 13.6 Å². The summed E-state index contributed by atoms with van der Waals surface area (Å²) in [7, 11) is 2.23. The number of hydrogen-bond acceptors (Lipinski definition) is 2. The first-order valence-corrected chi connectivity index (χ1v) is 5.44. The zero-order valence-electron chi connectivity index (χ0n) is 9.11. The Morgan fingerprint density at radius 1 is 1.57 bits per heavy atom. The molecule has 1 aliphatic heterocycles. The predicted molar refractivity (Wildman–Crippen MR) is 57.2 cm³/mol.